The molecule has 8 atom stereocenters. The van der Waals surface area contributed by atoms with Gasteiger partial charge in [-0.25, -0.2) is 0 Å². The van der Waals surface area contributed by atoms with Gasteiger partial charge in [-0.1, -0.05) is 77.8 Å². The molecule has 5 fully saturated rings. The molecule has 43 heavy (non-hydrogen) atoms. The van der Waals surface area contributed by atoms with Crippen LogP contribution in [0.4, 0.5) is 5.69 Å². The van der Waals surface area contributed by atoms with E-state index in [1.165, 1.54) is 45.9 Å². The van der Waals surface area contributed by atoms with Crippen LogP contribution >= 0.6 is 0 Å². The van der Waals surface area contributed by atoms with Crippen LogP contribution in [0.5, 0.6) is 0 Å². The topological polar surface area (TPSA) is 21.8 Å². The SMILES string of the molecule is C=C(N[C@@H](C)C(=C)N1CCN(c2ccc3c(c2)=CCCC=3)CC1)[C@@H]1CC(C)CN1C(=C)C1C(=C)[C@@]2(C)CC3(C)CC1C32C. The highest BCUT2D eigenvalue weighted by Gasteiger charge is 2.82. The van der Waals surface area contributed by atoms with Gasteiger partial charge in [-0.3, -0.25) is 0 Å². The molecule has 4 aliphatic carbocycles. The highest BCUT2D eigenvalue weighted by atomic mass is 15.3. The van der Waals surface area contributed by atoms with E-state index in [1.807, 2.05) is 0 Å². The molecular weight excluding hydrogens is 524 g/mol. The van der Waals surface area contributed by atoms with Gasteiger partial charge in [-0.2, -0.15) is 0 Å². The van der Waals surface area contributed by atoms with Crippen molar-refractivity contribution < 1.29 is 0 Å². The summed E-state index contributed by atoms with van der Waals surface area (Å²) in [7, 11) is 0. The van der Waals surface area contributed by atoms with E-state index in [0.29, 0.717) is 28.6 Å². The highest BCUT2D eigenvalue weighted by molar-refractivity contribution is 5.51. The van der Waals surface area contributed by atoms with Gasteiger partial charge in [-0.05, 0) is 89.7 Å². The van der Waals surface area contributed by atoms with Crippen molar-refractivity contribution >= 4 is 17.8 Å². The van der Waals surface area contributed by atoms with E-state index >= 15 is 0 Å². The summed E-state index contributed by atoms with van der Waals surface area (Å²) in [5.41, 5.74) is 7.51. The maximum atomic E-state index is 4.80. The molecule has 7 rings (SSSR count). The van der Waals surface area contributed by atoms with Crippen molar-refractivity contribution in [3.05, 3.63) is 77.6 Å². The third-order valence-corrected chi connectivity index (χ3v) is 13.6. The molecule has 1 N–H and O–H groups in total. The van der Waals surface area contributed by atoms with Crippen LogP contribution in [0, 0.1) is 34.0 Å². The monoisotopic (exact) mass is 578 g/mol. The van der Waals surface area contributed by atoms with Gasteiger partial charge < -0.3 is 20.0 Å². The first-order valence-electron chi connectivity index (χ1n) is 17.0. The fraction of sp³-hybridized carbons (Fsp3) is 0.590. The van der Waals surface area contributed by atoms with E-state index < -0.39 is 0 Å². The van der Waals surface area contributed by atoms with E-state index in [1.54, 1.807) is 0 Å². The number of likely N-dealkylation sites (tertiary alicyclic amines) is 1. The van der Waals surface area contributed by atoms with Crippen molar-refractivity contribution in [2.75, 3.05) is 37.6 Å². The molecule has 0 spiro atoms. The van der Waals surface area contributed by atoms with Crippen molar-refractivity contribution in [2.24, 2.45) is 34.0 Å². The molecular formula is C39H54N4. The zero-order valence-corrected chi connectivity index (χ0v) is 27.5. The maximum absolute atomic E-state index is 4.80. The van der Waals surface area contributed by atoms with Crippen LogP contribution in [0.1, 0.15) is 66.7 Å². The molecule has 4 nitrogen and oxygen atoms in total. The molecule has 2 aliphatic heterocycles. The van der Waals surface area contributed by atoms with Crippen LogP contribution in [-0.4, -0.2) is 54.6 Å². The van der Waals surface area contributed by atoms with Crippen LogP contribution in [0.25, 0.3) is 12.2 Å². The summed E-state index contributed by atoms with van der Waals surface area (Å²) in [6, 6.07) is 7.38. The first-order valence-corrected chi connectivity index (χ1v) is 17.0. The Balaban J connectivity index is 0.975. The normalized spacial score (nSPS) is 38.2. The molecule has 1 aromatic rings. The Bertz CT molecular complexity index is 1510. The Morgan fingerprint density at radius 1 is 1.00 bits per heavy atom. The lowest BCUT2D eigenvalue weighted by Crippen LogP contribution is -2.69. The van der Waals surface area contributed by atoms with E-state index in [0.717, 1.165) is 57.7 Å². The lowest BCUT2D eigenvalue weighted by molar-refractivity contribution is -0.268. The molecule has 0 aromatic heterocycles. The molecule has 6 aliphatic rings. The second-order valence-electron chi connectivity index (χ2n) is 15.7. The van der Waals surface area contributed by atoms with E-state index in [2.05, 4.69) is 98.1 Å². The highest BCUT2D eigenvalue weighted by Crippen LogP contribution is 2.89. The summed E-state index contributed by atoms with van der Waals surface area (Å²) in [5.74, 6) is 1.71. The third kappa shape index (κ3) is 4.00. The van der Waals surface area contributed by atoms with Crippen molar-refractivity contribution in [3.8, 4) is 0 Å². The van der Waals surface area contributed by atoms with Crippen LogP contribution in [0.2, 0.25) is 0 Å². The Kier molecular flexibility index (Phi) is 6.59. The van der Waals surface area contributed by atoms with E-state index in [9.17, 15) is 0 Å². The summed E-state index contributed by atoms with van der Waals surface area (Å²) < 4.78 is 0. The van der Waals surface area contributed by atoms with Gasteiger partial charge in [0, 0.05) is 61.4 Å². The molecule has 5 unspecified atom stereocenters. The molecule has 0 amide bonds. The van der Waals surface area contributed by atoms with Gasteiger partial charge in [0.25, 0.3) is 0 Å². The van der Waals surface area contributed by atoms with E-state index in [4.69, 9.17) is 13.2 Å². The van der Waals surface area contributed by atoms with Gasteiger partial charge in [0.05, 0.1) is 12.1 Å². The summed E-state index contributed by atoms with van der Waals surface area (Å²) >= 11 is 0. The number of hydrogen-bond donors (Lipinski definition) is 1. The second-order valence-corrected chi connectivity index (χ2v) is 15.7. The number of nitrogens with one attached hydrogen (secondary N) is 1. The van der Waals surface area contributed by atoms with Crippen LogP contribution < -0.4 is 20.7 Å². The summed E-state index contributed by atoms with van der Waals surface area (Å²) in [6.45, 7) is 36.0. The molecule has 0 bridgehead atoms. The molecule has 3 saturated carbocycles. The van der Waals surface area contributed by atoms with Crippen molar-refractivity contribution in [3.63, 3.8) is 0 Å². The van der Waals surface area contributed by atoms with Crippen LogP contribution in [0.15, 0.2) is 67.2 Å². The smallest absolute Gasteiger partial charge is 0.0682 e. The minimum absolute atomic E-state index is 0.140. The first kappa shape index (κ1) is 28.9. The largest absolute Gasteiger partial charge is 0.379 e. The van der Waals surface area contributed by atoms with Gasteiger partial charge in [0.1, 0.15) is 0 Å². The van der Waals surface area contributed by atoms with Gasteiger partial charge in [0.2, 0.25) is 0 Å². The molecule has 2 heterocycles. The summed E-state index contributed by atoms with van der Waals surface area (Å²) in [5, 5.41) is 6.59. The number of piperazine rings is 1. The van der Waals surface area contributed by atoms with Gasteiger partial charge in [-0.15, -0.1) is 0 Å². The number of nitrogens with zero attached hydrogens (tertiary/aromatic N) is 3. The standard InChI is InChI=1S/C39H54N4/c1-25-20-35(43(23-25)30(6)36-26(2)38(8)24-37(7)22-34(36)39(37,38)9)28(4)40-27(3)29(5)41-16-18-42(19-17-41)33-15-14-31-12-10-11-13-32(31)21-33/h12-15,21,25,27,34-36,40H,2,4-6,10-11,16-20,22-24H2,1,3,7-9H3/t25?,27-,34?,35-,36?,37?,38+,39?/m0/s1. The zero-order chi connectivity index (χ0) is 30.5. The predicted octanol–water partition coefficient (Wildman–Crippen LogP) is 6.02. The van der Waals surface area contributed by atoms with Crippen molar-refractivity contribution in [1.82, 2.24) is 15.1 Å². The first-order chi connectivity index (χ1) is 20.4. The van der Waals surface area contributed by atoms with E-state index in [-0.39, 0.29) is 17.5 Å². The van der Waals surface area contributed by atoms with Crippen molar-refractivity contribution in [2.45, 2.75) is 78.8 Å². The average Bonchev–Trinajstić information content (AvgIpc) is 3.41. The Labute approximate surface area is 260 Å². The number of anilines is 1. The fourth-order valence-corrected chi connectivity index (χ4v) is 10.8. The minimum atomic E-state index is 0.140. The number of rotatable bonds is 8. The number of fused-ring (bicyclic) bond motifs is 1. The maximum Gasteiger partial charge on any atom is 0.0682 e. The summed E-state index contributed by atoms with van der Waals surface area (Å²) in [4.78, 5) is 7.60. The predicted molar refractivity (Wildman–Crippen MR) is 182 cm³/mol. The molecule has 230 valence electrons. The lowest BCUT2D eigenvalue weighted by atomic mass is 9.28. The average molecular weight is 579 g/mol. The van der Waals surface area contributed by atoms with Crippen molar-refractivity contribution in [1.29, 1.82) is 0 Å². The van der Waals surface area contributed by atoms with Crippen LogP contribution in [0.3, 0.4) is 0 Å². The van der Waals surface area contributed by atoms with Gasteiger partial charge >= 0.3 is 0 Å². The quantitative estimate of drug-likeness (QED) is 0.381. The van der Waals surface area contributed by atoms with Gasteiger partial charge in [0.15, 0.2) is 0 Å². The lowest BCUT2D eigenvalue weighted by Gasteiger charge is -2.76. The number of allylic oxidation sites excluding steroid dienone is 1. The van der Waals surface area contributed by atoms with Crippen LogP contribution in [-0.2, 0) is 0 Å². The Hall–Kier alpha value is -2.88. The second kappa shape index (κ2) is 9.81. The fourth-order valence-electron chi connectivity index (χ4n) is 10.8. The molecule has 1 aromatic carbocycles. The third-order valence-electron chi connectivity index (χ3n) is 13.6. The number of hydrogen-bond acceptors (Lipinski definition) is 4. The molecule has 2 saturated heterocycles. The molecule has 0 radical (unpaired) electrons. The zero-order valence-electron chi connectivity index (χ0n) is 27.5. The Morgan fingerprint density at radius 3 is 2.37 bits per heavy atom. The number of benzene rings is 1. The Morgan fingerprint density at radius 2 is 1.70 bits per heavy atom. The summed E-state index contributed by atoms with van der Waals surface area (Å²) in [6.07, 6.45) is 10.8. The minimum Gasteiger partial charge on any atom is -0.379 e. The molecule has 4 heteroatoms.